The van der Waals surface area contributed by atoms with Gasteiger partial charge >= 0.3 is 5.97 Å². The first-order valence-electron chi connectivity index (χ1n) is 12.3. The standard InChI is InChI=1S/C25H42O5/c1-14(5-10-22(28)30-4)16-8-9-17-15-6-7-18-23(29)20(26)11-12-24(18,2)19(15)13-21(27)25(16,17)3/h14-21,23,26-27,29H,5-13H2,1-4H3/t14-,15+,16-,17+,18-,19+,20+,21+,23-,24+,25-/m1/s1. The fourth-order valence-electron chi connectivity index (χ4n) is 8.89. The van der Waals surface area contributed by atoms with Gasteiger partial charge in [-0.15, -0.1) is 0 Å². The minimum atomic E-state index is -0.621. The van der Waals surface area contributed by atoms with Gasteiger partial charge in [0.25, 0.3) is 0 Å². The number of ether oxygens (including phenoxy) is 1. The smallest absolute Gasteiger partial charge is 0.305 e. The Balaban J connectivity index is 1.55. The van der Waals surface area contributed by atoms with Crippen LogP contribution in [-0.2, 0) is 9.53 Å². The van der Waals surface area contributed by atoms with Crippen molar-refractivity contribution in [2.45, 2.75) is 96.9 Å². The molecule has 0 amide bonds. The van der Waals surface area contributed by atoms with Crippen LogP contribution in [0.3, 0.4) is 0 Å². The van der Waals surface area contributed by atoms with Crippen LogP contribution in [0.5, 0.6) is 0 Å². The largest absolute Gasteiger partial charge is 0.469 e. The van der Waals surface area contributed by atoms with Crippen molar-refractivity contribution < 1.29 is 24.9 Å². The summed E-state index contributed by atoms with van der Waals surface area (Å²) in [7, 11) is 1.45. The summed E-state index contributed by atoms with van der Waals surface area (Å²) in [5.41, 5.74) is -0.0782. The molecular formula is C25H42O5. The number of rotatable bonds is 4. The lowest BCUT2D eigenvalue weighted by Crippen LogP contribution is -2.61. The van der Waals surface area contributed by atoms with Crippen LogP contribution in [0.1, 0.15) is 78.6 Å². The molecule has 4 aliphatic rings. The topological polar surface area (TPSA) is 87.0 Å². The van der Waals surface area contributed by atoms with Gasteiger partial charge < -0.3 is 20.1 Å². The Morgan fingerprint density at radius 3 is 2.43 bits per heavy atom. The lowest BCUT2D eigenvalue weighted by Gasteiger charge is -2.63. The fraction of sp³-hybridized carbons (Fsp3) is 0.960. The molecule has 5 heteroatoms. The number of hydrogen-bond donors (Lipinski definition) is 3. The van der Waals surface area contributed by atoms with Crippen LogP contribution in [0.4, 0.5) is 0 Å². The summed E-state index contributed by atoms with van der Waals surface area (Å²) in [6, 6.07) is 0. The zero-order valence-corrected chi connectivity index (χ0v) is 19.2. The molecule has 5 nitrogen and oxygen atoms in total. The Bertz CT molecular complexity index is 651. The lowest BCUT2D eigenvalue weighted by molar-refractivity contribution is -0.200. The average molecular weight is 423 g/mol. The molecule has 0 heterocycles. The highest BCUT2D eigenvalue weighted by Crippen LogP contribution is 2.68. The van der Waals surface area contributed by atoms with Gasteiger partial charge in [-0.3, -0.25) is 4.79 Å². The van der Waals surface area contributed by atoms with Crippen molar-refractivity contribution in [2.24, 2.45) is 46.3 Å². The number of carbonyl (C=O) groups excluding carboxylic acids is 1. The molecule has 0 aliphatic heterocycles. The third-order valence-electron chi connectivity index (χ3n) is 10.6. The van der Waals surface area contributed by atoms with Crippen LogP contribution in [-0.4, -0.2) is 46.7 Å². The average Bonchev–Trinajstić information content (AvgIpc) is 3.09. The van der Waals surface area contributed by atoms with Gasteiger partial charge in [-0.1, -0.05) is 20.8 Å². The molecule has 0 spiro atoms. The van der Waals surface area contributed by atoms with E-state index in [4.69, 9.17) is 4.74 Å². The number of esters is 1. The van der Waals surface area contributed by atoms with Gasteiger partial charge in [0, 0.05) is 6.42 Å². The highest BCUT2D eigenvalue weighted by Gasteiger charge is 2.64. The normalized spacial score (nSPS) is 51.4. The molecule has 0 bridgehead atoms. The Hall–Kier alpha value is -0.650. The molecule has 0 radical (unpaired) electrons. The Kier molecular flexibility index (Phi) is 6.04. The predicted octanol–water partition coefficient (Wildman–Crippen LogP) is 3.54. The van der Waals surface area contributed by atoms with Crippen molar-refractivity contribution in [1.82, 2.24) is 0 Å². The van der Waals surface area contributed by atoms with E-state index in [-0.39, 0.29) is 28.8 Å². The first-order chi connectivity index (χ1) is 14.1. The maximum Gasteiger partial charge on any atom is 0.305 e. The van der Waals surface area contributed by atoms with E-state index in [1.165, 1.54) is 7.11 Å². The second-order valence-electron chi connectivity index (χ2n) is 11.6. The second kappa shape index (κ2) is 8.04. The van der Waals surface area contributed by atoms with E-state index in [2.05, 4.69) is 20.8 Å². The minimum Gasteiger partial charge on any atom is -0.469 e. The maximum absolute atomic E-state index is 11.7. The van der Waals surface area contributed by atoms with Gasteiger partial charge in [0.2, 0.25) is 0 Å². The summed E-state index contributed by atoms with van der Waals surface area (Å²) in [5, 5.41) is 32.5. The maximum atomic E-state index is 11.7. The van der Waals surface area contributed by atoms with Crippen molar-refractivity contribution in [3.05, 3.63) is 0 Å². The van der Waals surface area contributed by atoms with Crippen molar-refractivity contribution in [2.75, 3.05) is 7.11 Å². The Morgan fingerprint density at radius 2 is 1.73 bits per heavy atom. The van der Waals surface area contributed by atoms with Crippen molar-refractivity contribution in [1.29, 1.82) is 0 Å². The number of aliphatic hydroxyl groups is 3. The summed E-state index contributed by atoms with van der Waals surface area (Å²) in [5.74, 6) is 2.37. The van der Waals surface area contributed by atoms with Crippen LogP contribution in [0, 0.1) is 46.3 Å². The lowest BCUT2D eigenvalue weighted by atomic mass is 9.43. The number of carbonyl (C=O) groups is 1. The van der Waals surface area contributed by atoms with Gasteiger partial charge in [-0.2, -0.15) is 0 Å². The SMILES string of the molecule is COC(=O)CC[C@@H](C)[C@H]1CC[C@H]2[C@@H]3CC[C@@H]4[C@@H](O)[C@@H](O)CC[C@]4(C)[C@H]3C[C@H](O)[C@]12C. The van der Waals surface area contributed by atoms with Crippen LogP contribution in [0.2, 0.25) is 0 Å². The van der Waals surface area contributed by atoms with E-state index < -0.39 is 12.2 Å². The molecule has 0 aromatic heterocycles. The molecule has 0 unspecified atom stereocenters. The third-order valence-corrected chi connectivity index (χ3v) is 10.6. The van der Waals surface area contributed by atoms with E-state index >= 15 is 0 Å². The quantitative estimate of drug-likeness (QED) is 0.603. The fourth-order valence-corrected chi connectivity index (χ4v) is 8.89. The zero-order valence-electron chi connectivity index (χ0n) is 19.2. The molecular weight excluding hydrogens is 380 g/mol. The predicted molar refractivity (Wildman–Crippen MR) is 114 cm³/mol. The Morgan fingerprint density at radius 1 is 1.03 bits per heavy atom. The first kappa shape index (κ1) is 22.5. The van der Waals surface area contributed by atoms with Crippen molar-refractivity contribution >= 4 is 5.97 Å². The molecule has 30 heavy (non-hydrogen) atoms. The van der Waals surface area contributed by atoms with Gasteiger partial charge in [-0.05, 0) is 97.7 Å². The molecule has 4 fully saturated rings. The summed E-state index contributed by atoms with van der Waals surface area (Å²) in [4.78, 5) is 11.7. The van der Waals surface area contributed by atoms with E-state index in [0.29, 0.717) is 42.4 Å². The molecule has 0 aromatic carbocycles. The van der Waals surface area contributed by atoms with Crippen molar-refractivity contribution in [3.63, 3.8) is 0 Å². The van der Waals surface area contributed by atoms with Crippen LogP contribution < -0.4 is 0 Å². The highest BCUT2D eigenvalue weighted by atomic mass is 16.5. The molecule has 172 valence electrons. The molecule has 0 aromatic rings. The molecule has 0 saturated heterocycles. The third kappa shape index (κ3) is 3.26. The molecule has 3 N–H and O–H groups in total. The van der Waals surface area contributed by atoms with Gasteiger partial charge in [0.15, 0.2) is 0 Å². The zero-order chi connectivity index (χ0) is 21.8. The van der Waals surface area contributed by atoms with E-state index in [9.17, 15) is 20.1 Å². The molecule has 11 atom stereocenters. The van der Waals surface area contributed by atoms with Gasteiger partial charge in [-0.25, -0.2) is 0 Å². The summed E-state index contributed by atoms with van der Waals surface area (Å²) in [6.45, 7) is 6.89. The van der Waals surface area contributed by atoms with Crippen LogP contribution in [0.25, 0.3) is 0 Å². The summed E-state index contributed by atoms with van der Waals surface area (Å²) in [6.07, 6.45) is 6.54. The van der Waals surface area contributed by atoms with E-state index in [0.717, 1.165) is 44.9 Å². The van der Waals surface area contributed by atoms with E-state index in [1.807, 2.05) is 0 Å². The summed E-state index contributed by atoms with van der Waals surface area (Å²) >= 11 is 0. The number of aliphatic hydroxyl groups excluding tert-OH is 3. The number of hydrogen-bond acceptors (Lipinski definition) is 5. The molecule has 4 saturated carbocycles. The van der Waals surface area contributed by atoms with E-state index in [1.54, 1.807) is 0 Å². The van der Waals surface area contributed by atoms with Crippen molar-refractivity contribution in [3.8, 4) is 0 Å². The van der Waals surface area contributed by atoms with Gasteiger partial charge in [0.05, 0.1) is 25.4 Å². The molecule has 4 aliphatic carbocycles. The van der Waals surface area contributed by atoms with Crippen LogP contribution in [0.15, 0.2) is 0 Å². The summed E-state index contributed by atoms with van der Waals surface area (Å²) < 4.78 is 4.84. The first-order valence-corrected chi connectivity index (χ1v) is 12.3. The number of methoxy groups -OCH3 is 1. The monoisotopic (exact) mass is 422 g/mol. The number of fused-ring (bicyclic) bond motifs is 5. The Labute approximate surface area is 181 Å². The second-order valence-corrected chi connectivity index (χ2v) is 11.6. The van der Waals surface area contributed by atoms with Crippen LogP contribution >= 0.6 is 0 Å². The van der Waals surface area contributed by atoms with Gasteiger partial charge in [0.1, 0.15) is 0 Å². The minimum absolute atomic E-state index is 0.0124. The molecule has 4 rings (SSSR count). The highest BCUT2D eigenvalue weighted by molar-refractivity contribution is 5.69.